The first kappa shape index (κ1) is 11.9. The second-order valence-electron chi connectivity index (χ2n) is 5.02. The molecule has 16 heavy (non-hydrogen) atoms. The maximum Gasteiger partial charge on any atom is 0.0408 e. The van der Waals surface area contributed by atoms with Crippen molar-refractivity contribution < 1.29 is 0 Å². The predicted octanol–water partition coefficient (Wildman–Crippen LogP) is 3.78. The van der Waals surface area contributed by atoms with E-state index < -0.39 is 0 Å². The van der Waals surface area contributed by atoms with E-state index in [0.717, 1.165) is 29.9 Å². The molecule has 1 fully saturated rings. The largest absolute Gasteiger partial charge is 0.312 e. The molecule has 0 radical (unpaired) electrons. The number of halogens is 1. The molecule has 0 heterocycles. The van der Waals surface area contributed by atoms with Crippen molar-refractivity contribution in [3.63, 3.8) is 0 Å². The topological polar surface area (TPSA) is 12.0 Å². The van der Waals surface area contributed by atoms with Crippen LogP contribution in [0.2, 0.25) is 5.02 Å². The summed E-state index contributed by atoms with van der Waals surface area (Å²) in [6, 6.07) is 6.12. The van der Waals surface area contributed by atoms with Crippen molar-refractivity contribution in [1.82, 2.24) is 5.32 Å². The fourth-order valence-corrected chi connectivity index (χ4v) is 2.35. The molecule has 1 saturated carbocycles. The third-order valence-corrected chi connectivity index (χ3v) is 3.75. The number of hydrogen-bond acceptors (Lipinski definition) is 1. The van der Waals surface area contributed by atoms with Crippen molar-refractivity contribution in [2.75, 3.05) is 6.54 Å². The number of benzene rings is 1. The van der Waals surface area contributed by atoms with E-state index in [9.17, 15) is 0 Å². The summed E-state index contributed by atoms with van der Waals surface area (Å²) in [7, 11) is 0. The van der Waals surface area contributed by atoms with Crippen LogP contribution in [0.3, 0.4) is 0 Å². The van der Waals surface area contributed by atoms with Crippen molar-refractivity contribution >= 4 is 11.6 Å². The zero-order chi connectivity index (χ0) is 11.5. The molecule has 2 rings (SSSR count). The van der Waals surface area contributed by atoms with E-state index >= 15 is 0 Å². The van der Waals surface area contributed by atoms with Crippen LogP contribution in [0.15, 0.2) is 18.2 Å². The molecule has 0 bridgehead atoms. The van der Waals surface area contributed by atoms with Crippen molar-refractivity contribution in [3.8, 4) is 0 Å². The molecule has 0 amide bonds. The molecule has 1 aliphatic rings. The first-order chi connectivity index (χ1) is 7.66. The van der Waals surface area contributed by atoms with Crippen LogP contribution < -0.4 is 5.32 Å². The summed E-state index contributed by atoms with van der Waals surface area (Å²) in [5.74, 6) is 1.81. The van der Waals surface area contributed by atoms with E-state index in [4.69, 9.17) is 11.6 Å². The Morgan fingerprint density at radius 2 is 2.19 bits per heavy atom. The summed E-state index contributed by atoms with van der Waals surface area (Å²) in [6.45, 7) is 6.55. The van der Waals surface area contributed by atoms with E-state index in [1.165, 1.54) is 24.0 Å². The van der Waals surface area contributed by atoms with Gasteiger partial charge in [-0.05, 0) is 61.4 Å². The third-order valence-electron chi connectivity index (χ3n) is 3.51. The van der Waals surface area contributed by atoms with Crippen molar-refractivity contribution in [3.05, 3.63) is 34.3 Å². The third kappa shape index (κ3) is 3.23. The van der Waals surface area contributed by atoms with Crippen molar-refractivity contribution in [1.29, 1.82) is 0 Å². The Bertz CT molecular complexity index is 358. The van der Waals surface area contributed by atoms with Gasteiger partial charge in [-0.25, -0.2) is 0 Å². The van der Waals surface area contributed by atoms with Gasteiger partial charge in [-0.15, -0.1) is 0 Å². The molecule has 1 unspecified atom stereocenters. The lowest BCUT2D eigenvalue weighted by Gasteiger charge is -2.12. The second-order valence-corrected chi connectivity index (χ2v) is 5.45. The van der Waals surface area contributed by atoms with Gasteiger partial charge in [0.05, 0.1) is 0 Å². The van der Waals surface area contributed by atoms with Crippen LogP contribution in [0.1, 0.15) is 30.9 Å². The van der Waals surface area contributed by atoms with Crippen LogP contribution in [0.5, 0.6) is 0 Å². The molecule has 0 spiro atoms. The minimum atomic E-state index is 0.826. The van der Waals surface area contributed by atoms with Crippen LogP contribution in [-0.4, -0.2) is 6.54 Å². The van der Waals surface area contributed by atoms with Gasteiger partial charge in [0, 0.05) is 11.6 Å². The summed E-state index contributed by atoms with van der Waals surface area (Å²) < 4.78 is 0. The average molecular weight is 238 g/mol. The monoisotopic (exact) mass is 237 g/mol. The summed E-state index contributed by atoms with van der Waals surface area (Å²) in [5, 5.41) is 4.37. The SMILES string of the molecule is Cc1cc(Cl)ccc1CNCC(C)C1CC1. The highest BCUT2D eigenvalue weighted by atomic mass is 35.5. The summed E-state index contributed by atoms with van der Waals surface area (Å²) >= 11 is 5.93. The fraction of sp³-hybridized carbons (Fsp3) is 0.571. The molecular formula is C14H20ClN. The Kier molecular flexibility index (Phi) is 3.88. The Morgan fingerprint density at radius 1 is 1.44 bits per heavy atom. The van der Waals surface area contributed by atoms with Gasteiger partial charge in [0.1, 0.15) is 0 Å². The lowest BCUT2D eigenvalue weighted by atomic mass is 10.1. The average Bonchev–Trinajstić information content (AvgIpc) is 3.04. The second kappa shape index (κ2) is 5.20. The van der Waals surface area contributed by atoms with Crippen LogP contribution in [0, 0.1) is 18.8 Å². The van der Waals surface area contributed by atoms with Crippen LogP contribution >= 0.6 is 11.6 Å². The standard InChI is InChI=1S/C14H20ClN/c1-10-7-14(15)6-5-13(10)9-16-8-11(2)12-3-4-12/h5-7,11-12,16H,3-4,8-9H2,1-2H3. The molecule has 1 atom stereocenters. The first-order valence-electron chi connectivity index (χ1n) is 6.12. The van der Waals surface area contributed by atoms with Gasteiger partial charge in [-0.2, -0.15) is 0 Å². The maximum absolute atomic E-state index is 5.93. The lowest BCUT2D eigenvalue weighted by Crippen LogP contribution is -2.22. The maximum atomic E-state index is 5.93. The van der Waals surface area contributed by atoms with Gasteiger partial charge in [0.25, 0.3) is 0 Å². The van der Waals surface area contributed by atoms with E-state index in [-0.39, 0.29) is 0 Å². The zero-order valence-corrected chi connectivity index (χ0v) is 10.8. The molecule has 88 valence electrons. The Labute approximate surface area is 103 Å². The number of aryl methyl sites for hydroxylation is 1. The summed E-state index contributed by atoms with van der Waals surface area (Å²) in [5.41, 5.74) is 2.63. The highest BCUT2D eigenvalue weighted by Crippen LogP contribution is 2.36. The van der Waals surface area contributed by atoms with E-state index in [1.54, 1.807) is 0 Å². The minimum absolute atomic E-state index is 0.826. The van der Waals surface area contributed by atoms with Gasteiger partial charge >= 0.3 is 0 Å². The number of hydrogen-bond donors (Lipinski definition) is 1. The fourth-order valence-electron chi connectivity index (χ4n) is 2.12. The minimum Gasteiger partial charge on any atom is -0.312 e. The smallest absolute Gasteiger partial charge is 0.0408 e. The molecule has 2 heteroatoms. The van der Waals surface area contributed by atoms with Crippen molar-refractivity contribution in [2.24, 2.45) is 11.8 Å². The quantitative estimate of drug-likeness (QED) is 0.822. The molecule has 0 aliphatic heterocycles. The van der Waals surface area contributed by atoms with E-state index in [0.29, 0.717) is 0 Å². The van der Waals surface area contributed by atoms with Crippen LogP contribution in [-0.2, 0) is 6.54 Å². The molecule has 1 aromatic rings. The zero-order valence-electron chi connectivity index (χ0n) is 10.1. The highest BCUT2D eigenvalue weighted by molar-refractivity contribution is 6.30. The van der Waals surface area contributed by atoms with Crippen LogP contribution in [0.25, 0.3) is 0 Å². The van der Waals surface area contributed by atoms with Crippen LogP contribution in [0.4, 0.5) is 0 Å². The first-order valence-corrected chi connectivity index (χ1v) is 6.50. The van der Waals surface area contributed by atoms with Gasteiger partial charge in [0.15, 0.2) is 0 Å². The molecular weight excluding hydrogens is 218 g/mol. The van der Waals surface area contributed by atoms with E-state index in [1.807, 2.05) is 12.1 Å². The highest BCUT2D eigenvalue weighted by Gasteiger charge is 2.27. The summed E-state index contributed by atoms with van der Waals surface area (Å²) in [4.78, 5) is 0. The molecule has 0 saturated heterocycles. The Balaban J connectivity index is 1.80. The molecule has 1 nitrogen and oxygen atoms in total. The van der Waals surface area contributed by atoms with Crippen molar-refractivity contribution in [2.45, 2.75) is 33.2 Å². The molecule has 0 aromatic heterocycles. The van der Waals surface area contributed by atoms with E-state index in [2.05, 4.69) is 25.2 Å². The normalized spacial score (nSPS) is 17.4. The van der Waals surface area contributed by atoms with Gasteiger partial charge < -0.3 is 5.32 Å². The molecule has 1 N–H and O–H groups in total. The summed E-state index contributed by atoms with van der Waals surface area (Å²) in [6.07, 6.45) is 2.87. The van der Waals surface area contributed by atoms with Gasteiger partial charge in [0.2, 0.25) is 0 Å². The molecule has 1 aromatic carbocycles. The molecule has 1 aliphatic carbocycles. The van der Waals surface area contributed by atoms with Gasteiger partial charge in [-0.3, -0.25) is 0 Å². The number of rotatable bonds is 5. The van der Waals surface area contributed by atoms with Gasteiger partial charge in [-0.1, -0.05) is 24.6 Å². The Hall–Kier alpha value is -0.530. The predicted molar refractivity (Wildman–Crippen MR) is 69.8 cm³/mol. The lowest BCUT2D eigenvalue weighted by molar-refractivity contribution is 0.461. The number of nitrogens with one attached hydrogen (secondary N) is 1. The Morgan fingerprint density at radius 3 is 2.81 bits per heavy atom.